The van der Waals surface area contributed by atoms with Crippen molar-refractivity contribution < 1.29 is 43.3 Å². The number of carbonyl (C=O) groups excluding carboxylic acids is 5. The zero-order chi connectivity index (χ0) is 54.6. The second-order valence-corrected chi connectivity index (χ2v) is 21.0. The molecule has 3 N–H and O–H groups in total. The summed E-state index contributed by atoms with van der Waals surface area (Å²) in [5.41, 5.74) is 3.71. The first-order valence-electron chi connectivity index (χ1n) is 25.5. The number of methoxy groups -OCH3 is 1. The van der Waals surface area contributed by atoms with E-state index in [2.05, 4.69) is 15.6 Å². The number of nitrogens with one attached hydrogen (secondary N) is 2. The highest BCUT2D eigenvalue weighted by molar-refractivity contribution is 6.31. The Morgan fingerprint density at radius 3 is 2.17 bits per heavy atom. The number of imidazole rings is 1. The molecular formula is C57H68Cl2N8O9. The molecule has 2 fully saturated rings. The molecule has 1 saturated heterocycles. The Balaban J connectivity index is 1.30. The Morgan fingerprint density at radius 1 is 0.803 bits per heavy atom. The van der Waals surface area contributed by atoms with Gasteiger partial charge in [-0.15, -0.1) is 0 Å². The fourth-order valence-electron chi connectivity index (χ4n) is 10.2. The van der Waals surface area contributed by atoms with E-state index >= 15 is 9.59 Å². The Kier molecular flexibility index (Phi) is 19.7. The van der Waals surface area contributed by atoms with Gasteiger partial charge in [0, 0.05) is 74.4 Å². The molecule has 2 heterocycles. The zero-order valence-electron chi connectivity index (χ0n) is 43.9. The number of aliphatic carboxylic acids is 1. The van der Waals surface area contributed by atoms with Crippen molar-refractivity contribution in [3.05, 3.63) is 136 Å². The van der Waals surface area contributed by atoms with E-state index in [1.807, 2.05) is 91.4 Å². The SMILES string of the molecule is COC[C@@H]1NC(=O)[C@H](CC(=O)O)N(Cc2ccc(Cl)cc2Oc2ccc(-c3cnc(CN(C)C)n3C)cc2)C(=O)C[C@@H](Cc2ccccc2)C(=O)N(C)[C@H]2CCCC[C@@H]2NC(=O)C[C@H](Cc2ccc(Cl)cc2)N(C)C1=O. The molecule has 1 aliphatic carbocycles. The van der Waals surface area contributed by atoms with Crippen LogP contribution in [0.15, 0.2) is 103 Å². The molecule has 0 bridgehead atoms. The van der Waals surface area contributed by atoms with Gasteiger partial charge in [-0.1, -0.05) is 84.6 Å². The first-order valence-corrected chi connectivity index (χ1v) is 26.3. The van der Waals surface area contributed by atoms with Crippen LogP contribution in [0.4, 0.5) is 0 Å². The first kappa shape index (κ1) is 56.9. The summed E-state index contributed by atoms with van der Waals surface area (Å²) in [6, 6.07) is 23.7. The van der Waals surface area contributed by atoms with Gasteiger partial charge < -0.3 is 49.4 Å². The van der Waals surface area contributed by atoms with Gasteiger partial charge in [-0.25, -0.2) is 4.98 Å². The molecule has 404 valence electrons. The molecule has 76 heavy (non-hydrogen) atoms. The molecule has 0 radical (unpaired) electrons. The fraction of sp³-hybridized carbons (Fsp3) is 0.421. The number of nitrogens with zero attached hydrogens (tertiary/aromatic N) is 6. The predicted molar refractivity (Wildman–Crippen MR) is 289 cm³/mol. The van der Waals surface area contributed by atoms with Crippen LogP contribution in [0.2, 0.25) is 10.0 Å². The minimum atomic E-state index is -1.73. The van der Waals surface area contributed by atoms with Crippen molar-refractivity contribution in [1.82, 2.24) is 39.8 Å². The summed E-state index contributed by atoms with van der Waals surface area (Å²) in [6.07, 6.45) is 3.52. The van der Waals surface area contributed by atoms with E-state index in [9.17, 15) is 24.3 Å². The Labute approximate surface area is 454 Å². The largest absolute Gasteiger partial charge is 0.481 e. The summed E-state index contributed by atoms with van der Waals surface area (Å²) in [5, 5.41) is 17.3. The smallest absolute Gasteiger partial charge is 0.305 e. The van der Waals surface area contributed by atoms with Gasteiger partial charge in [-0.05, 0) is 99.4 Å². The number of rotatable bonds is 15. The summed E-state index contributed by atoms with van der Waals surface area (Å²) in [7, 11) is 10.5. The quantitative estimate of drug-likeness (QED) is 0.0963. The predicted octanol–water partition coefficient (Wildman–Crippen LogP) is 7.16. The van der Waals surface area contributed by atoms with Crippen molar-refractivity contribution in [3.8, 4) is 22.8 Å². The van der Waals surface area contributed by atoms with Crippen LogP contribution in [-0.2, 0) is 66.5 Å². The lowest BCUT2D eigenvalue weighted by atomic mass is 9.87. The number of ether oxygens (including phenoxy) is 2. The summed E-state index contributed by atoms with van der Waals surface area (Å²) < 4.78 is 14.0. The Bertz CT molecular complexity index is 2830. The molecule has 0 unspecified atom stereocenters. The molecule has 4 aromatic carbocycles. The van der Waals surface area contributed by atoms with Crippen LogP contribution in [0.1, 0.15) is 67.5 Å². The number of carboxylic acid groups (broad SMARTS) is 1. The summed E-state index contributed by atoms with van der Waals surface area (Å²) in [4.78, 5) is 98.2. The number of fused-ring (bicyclic) bond motifs is 1. The molecule has 0 spiro atoms. The van der Waals surface area contributed by atoms with E-state index < -0.39 is 72.7 Å². The van der Waals surface area contributed by atoms with Crippen LogP contribution in [0.3, 0.4) is 0 Å². The number of likely N-dealkylation sites (N-methyl/N-ethyl adjacent to an activating group) is 2. The highest BCUT2D eigenvalue weighted by Crippen LogP contribution is 2.34. The number of carbonyl (C=O) groups is 6. The highest BCUT2D eigenvalue weighted by atomic mass is 35.5. The van der Waals surface area contributed by atoms with Crippen molar-refractivity contribution in [2.75, 3.05) is 41.9 Å². The van der Waals surface area contributed by atoms with Gasteiger partial charge in [0.15, 0.2) is 0 Å². The van der Waals surface area contributed by atoms with Crippen LogP contribution >= 0.6 is 23.2 Å². The number of benzene rings is 4. The van der Waals surface area contributed by atoms with Crippen LogP contribution in [0.5, 0.6) is 11.5 Å². The van der Waals surface area contributed by atoms with E-state index in [4.69, 9.17) is 32.7 Å². The Morgan fingerprint density at radius 2 is 1.49 bits per heavy atom. The lowest BCUT2D eigenvalue weighted by molar-refractivity contribution is -0.150. The fourth-order valence-corrected chi connectivity index (χ4v) is 10.5. The first-order chi connectivity index (χ1) is 36.4. The van der Waals surface area contributed by atoms with Gasteiger partial charge in [0.1, 0.15) is 29.4 Å². The maximum Gasteiger partial charge on any atom is 0.305 e. The van der Waals surface area contributed by atoms with Gasteiger partial charge in [-0.3, -0.25) is 28.8 Å². The third-order valence-corrected chi connectivity index (χ3v) is 14.8. The molecule has 1 saturated carbocycles. The molecule has 6 atom stereocenters. The normalized spacial score (nSPS) is 21.4. The summed E-state index contributed by atoms with van der Waals surface area (Å²) in [6.45, 7) is -0.0523. The van der Waals surface area contributed by atoms with Crippen molar-refractivity contribution in [2.45, 2.75) is 101 Å². The second kappa shape index (κ2) is 26.3. The third-order valence-electron chi connectivity index (χ3n) is 14.3. The number of hydrogen-bond donors (Lipinski definition) is 3. The molecular weight excluding hydrogens is 1010 g/mol. The topological polar surface area (TPSA) is 196 Å². The molecule has 5 amide bonds. The monoisotopic (exact) mass is 1080 g/mol. The molecule has 19 heteroatoms. The molecule has 5 aromatic rings. The standard InChI is InChI=1S/C57H68Cl2N8O9/c1-63(2)34-51-60-32-49(65(51)4)38-19-24-44(25-20-38)76-50-29-42(59)23-18-39(50)33-67-48(31-54(70)71)55(72)62-46(35-75-6)57(74)64(3)43(27-37-16-21-41(58)22-17-37)30-52(68)61-45-14-10-11-15-47(45)66(5)56(73)40(28-53(67)69)26-36-12-8-7-9-13-36/h7-9,12-13,16-25,29,32,40,43,45-48H,10-11,14-15,26-28,30-31,33-35H2,1-6H3,(H,61,68)(H,62,72)(H,70,71)/t40-,43+,45+,46+,47+,48+/m1/s1. The number of amides is 5. The lowest BCUT2D eigenvalue weighted by Gasteiger charge is -2.40. The lowest BCUT2D eigenvalue weighted by Crippen LogP contribution is -2.59. The van der Waals surface area contributed by atoms with Gasteiger partial charge in [0.25, 0.3) is 0 Å². The van der Waals surface area contributed by atoms with Gasteiger partial charge in [0.05, 0.1) is 50.0 Å². The maximum absolute atomic E-state index is 15.4. The zero-order valence-corrected chi connectivity index (χ0v) is 45.4. The van der Waals surface area contributed by atoms with Gasteiger partial charge in [-0.2, -0.15) is 0 Å². The van der Waals surface area contributed by atoms with Crippen LogP contribution in [0.25, 0.3) is 11.3 Å². The number of halogens is 2. The van der Waals surface area contributed by atoms with Crippen molar-refractivity contribution in [2.24, 2.45) is 13.0 Å². The van der Waals surface area contributed by atoms with Crippen LogP contribution in [-0.4, -0.2) is 142 Å². The summed E-state index contributed by atoms with van der Waals surface area (Å²) >= 11 is 12.8. The minimum absolute atomic E-state index is 0.127. The average Bonchev–Trinajstić information content (AvgIpc) is 3.75. The summed E-state index contributed by atoms with van der Waals surface area (Å²) in [5.74, 6) is -3.84. The van der Waals surface area contributed by atoms with E-state index in [1.165, 1.54) is 19.1 Å². The second-order valence-electron chi connectivity index (χ2n) is 20.1. The minimum Gasteiger partial charge on any atom is -0.481 e. The van der Waals surface area contributed by atoms with E-state index in [-0.39, 0.29) is 50.0 Å². The number of hydrogen-bond acceptors (Lipinski definition) is 10. The number of aromatic nitrogens is 2. The molecule has 1 aromatic heterocycles. The van der Waals surface area contributed by atoms with Gasteiger partial charge >= 0.3 is 5.97 Å². The Hall–Kier alpha value is -6.79. The van der Waals surface area contributed by atoms with E-state index in [0.29, 0.717) is 40.7 Å². The van der Waals surface area contributed by atoms with Crippen LogP contribution in [0, 0.1) is 5.92 Å². The van der Waals surface area contributed by atoms with E-state index in [0.717, 1.165) is 46.0 Å². The highest BCUT2D eigenvalue weighted by Gasteiger charge is 2.41. The maximum atomic E-state index is 15.4. The molecule has 2 aliphatic rings. The third kappa shape index (κ3) is 14.8. The molecule has 7 rings (SSSR count). The van der Waals surface area contributed by atoms with Gasteiger partial charge in [0.2, 0.25) is 29.5 Å². The molecule has 17 nitrogen and oxygen atoms in total. The molecule has 1 aliphatic heterocycles. The number of carboxylic acids is 1. The average molecular weight is 1080 g/mol. The van der Waals surface area contributed by atoms with Crippen LogP contribution < -0.4 is 15.4 Å². The van der Waals surface area contributed by atoms with Crippen molar-refractivity contribution >= 4 is 58.7 Å². The van der Waals surface area contributed by atoms with Crippen molar-refractivity contribution in [3.63, 3.8) is 0 Å². The van der Waals surface area contributed by atoms with E-state index in [1.54, 1.807) is 54.4 Å². The van der Waals surface area contributed by atoms with Crippen molar-refractivity contribution in [1.29, 1.82) is 0 Å².